The second-order valence-corrected chi connectivity index (χ2v) is 4.25. The Labute approximate surface area is 91.2 Å². The van der Waals surface area contributed by atoms with Gasteiger partial charge in [0.05, 0.1) is 12.5 Å². The maximum atomic E-state index is 10.5. The van der Waals surface area contributed by atoms with Crippen molar-refractivity contribution in [1.82, 2.24) is 4.90 Å². The zero-order chi connectivity index (χ0) is 11.3. The highest BCUT2D eigenvalue weighted by Gasteiger charge is 2.28. The fourth-order valence-corrected chi connectivity index (χ4v) is 2.29. The van der Waals surface area contributed by atoms with Gasteiger partial charge in [0.15, 0.2) is 0 Å². The Morgan fingerprint density at radius 2 is 2.13 bits per heavy atom. The summed E-state index contributed by atoms with van der Waals surface area (Å²) in [5.74, 6) is -0.730. The van der Waals surface area contributed by atoms with Gasteiger partial charge in [-0.3, -0.25) is 4.79 Å². The average molecular weight is 215 g/mol. The molecule has 0 aliphatic heterocycles. The highest BCUT2D eigenvalue weighted by molar-refractivity contribution is 5.66. The van der Waals surface area contributed by atoms with Crippen molar-refractivity contribution in [2.45, 2.75) is 44.2 Å². The Balaban J connectivity index is 2.40. The monoisotopic (exact) mass is 215 g/mol. The Morgan fingerprint density at radius 3 is 2.73 bits per heavy atom. The summed E-state index contributed by atoms with van der Waals surface area (Å²) in [6.07, 6.45) is 5.15. The van der Waals surface area contributed by atoms with E-state index in [2.05, 4.69) is 4.90 Å². The molecule has 2 atom stereocenters. The Hall–Kier alpha value is -0.610. The molecular weight excluding hydrogens is 194 g/mol. The first-order valence-corrected chi connectivity index (χ1v) is 5.60. The molecule has 0 bridgehead atoms. The van der Waals surface area contributed by atoms with Crippen LogP contribution in [0.3, 0.4) is 0 Å². The SMILES string of the molecule is COC1CCCCC1N(C)CCC(=O)O. The molecule has 0 spiro atoms. The predicted molar refractivity (Wildman–Crippen MR) is 57.9 cm³/mol. The van der Waals surface area contributed by atoms with Crippen LogP contribution in [0.5, 0.6) is 0 Å². The Morgan fingerprint density at radius 1 is 1.47 bits per heavy atom. The van der Waals surface area contributed by atoms with E-state index in [1.165, 1.54) is 12.8 Å². The molecule has 0 aromatic rings. The second kappa shape index (κ2) is 6.08. The van der Waals surface area contributed by atoms with Gasteiger partial charge in [0, 0.05) is 19.7 Å². The number of hydrogen-bond donors (Lipinski definition) is 1. The van der Waals surface area contributed by atoms with Gasteiger partial charge in [-0.1, -0.05) is 12.8 Å². The molecule has 1 rings (SSSR count). The summed E-state index contributed by atoms with van der Waals surface area (Å²) in [6.45, 7) is 0.611. The zero-order valence-corrected chi connectivity index (χ0v) is 9.61. The van der Waals surface area contributed by atoms with E-state index in [-0.39, 0.29) is 12.5 Å². The van der Waals surface area contributed by atoms with Crippen molar-refractivity contribution in [3.63, 3.8) is 0 Å². The quantitative estimate of drug-likeness (QED) is 0.752. The molecule has 0 saturated heterocycles. The van der Waals surface area contributed by atoms with Crippen molar-refractivity contribution in [1.29, 1.82) is 0 Å². The van der Waals surface area contributed by atoms with Crippen LogP contribution in [-0.2, 0) is 9.53 Å². The maximum absolute atomic E-state index is 10.5. The topological polar surface area (TPSA) is 49.8 Å². The first-order valence-electron chi connectivity index (χ1n) is 5.60. The average Bonchev–Trinajstić information content (AvgIpc) is 2.25. The van der Waals surface area contributed by atoms with E-state index in [9.17, 15) is 4.79 Å². The minimum atomic E-state index is -0.730. The molecule has 1 N–H and O–H groups in total. The van der Waals surface area contributed by atoms with Crippen molar-refractivity contribution >= 4 is 5.97 Å². The van der Waals surface area contributed by atoms with Gasteiger partial charge in [-0.05, 0) is 19.9 Å². The number of carbonyl (C=O) groups is 1. The number of aliphatic carboxylic acids is 1. The minimum Gasteiger partial charge on any atom is -0.481 e. The zero-order valence-electron chi connectivity index (χ0n) is 9.61. The summed E-state index contributed by atoms with van der Waals surface area (Å²) in [7, 11) is 3.74. The van der Waals surface area contributed by atoms with Gasteiger partial charge in [0.2, 0.25) is 0 Å². The lowest BCUT2D eigenvalue weighted by atomic mass is 9.91. The van der Waals surface area contributed by atoms with Gasteiger partial charge in [-0.25, -0.2) is 0 Å². The molecule has 15 heavy (non-hydrogen) atoms. The molecule has 2 unspecified atom stereocenters. The Bertz CT molecular complexity index is 208. The summed E-state index contributed by atoms with van der Waals surface area (Å²) in [6, 6.07) is 0.392. The normalized spacial score (nSPS) is 26.9. The molecule has 1 aliphatic rings. The van der Waals surface area contributed by atoms with Crippen molar-refractivity contribution in [2.24, 2.45) is 0 Å². The van der Waals surface area contributed by atoms with E-state index in [4.69, 9.17) is 9.84 Å². The molecule has 0 aromatic carbocycles. The molecule has 0 amide bonds. The lowest BCUT2D eigenvalue weighted by Gasteiger charge is -2.36. The van der Waals surface area contributed by atoms with Crippen LogP contribution in [0.15, 0.2) is 0 Å². The molecule has 1 fully saturated rings. The van der Waals surface area contributed by atoms with Gasteiger partial charge in [-0.15, -0.1) is 0 Å². The van der Waals surface area contributed by atoms with E-state index < -0.39 is 5.97 Å². The molecule has 0 radical (unpaired) electrons. The second-order valence-electron chi connectivity index (χ2n) is 4.25. The van der Waals surface area contributed by atoms with Crippen LogP contribution in [0, 0.1) is 0 Å². The van der Waals surface area contributed by atoms with Crippen molar-refractivity contribution in [2.75, 3.05) is 20.7 Å². The number of rotatable bonds is 5. The van der Waals surface area contributed by atoms with Gasteiger partial charge in [0.25, 0.3) is 0 Å². The summed E-state index contributed by atoms with van der Waals surface area (Å²) in [4.78, 5) is 12.6. The van der Waals surface area contributed by atoms with Crippen molar-refractivity contribution in [3.05, 3.63) is 0 Å². The van der Waals surface area contributed by atoms with Gasteiger partial charge in [-0.2, -0.15) is 0 Å². The number of nitrogens with zero attached hydrogens (tertiary/aromatic N) is 1. The lowest BCUT2D eigenvalue weighted by Crippen LogP contribution is -2.44. The van der Waals surface area contributed by atoms with Gasteiger partial charge >= 0.3 is 5.97 Å². The molecule has 4 nitrogen and oxygen atoms in total. The largest absolute Gasteiger partial charge is 0.481 e. The van der Waals surface area contributed by atoms with Crippen molar-refractivity contribution in [3.8, 4) is 0 Å². The smallest absolute Gasteiger partial charge is 0.304 e. The molecule has 4 heteroatoms. The van der Waals surface area contributed by atoms with E-state index in [0.717, 1.165) is 12.8 Å². The molecule has 0 heterocycles. The van der Waals surface area contributed by atoms with E-state index in [1.807, 2.05) is 7.05 Å². The minimum absolute atomic E-state index is 0.212. The predicted octanol–water partition coefficient (Wildman–Crippen LogP) is 1.35. The van der Waals surface area contributed by atoms with Crippen LogP contribution in [0.2, 0.25) is 0 Å². The molecular formula is C11H21NO3. The standard InChI is InChI=1S/C11H21NO3/c1-12(8-7-11(13)14)9-5-3-4-6-10(9)15-2/h9-10H,3-8H2,1-2H3,(H,13,14). The van der Waals surface area contributed by atoms with Gasteiger partial charge in [0.1, 0.15) is 0 Å². The number of carboxylic acids is 1. The number of likely N-dealkylation sites (N-methyl/N-ethyl adjacent to an activating group) is 1. The summed E-state index contributed by atoms with van der Waals surface area (Å²) < 4.78 is 5.44. The van der Waals surface area contributed by atoms with Gasteiger partial charge < -0.3 is 14.7 Å². The van der Waals surface area contributed by atoms with Crippen molar-refractivity contribution < 1.29 is 14.6 Å². The summed E-state index contributed by atoms with van der Waals surface area (Å²) >= 11 is 0. The summed E-state index contributed by atoms with van der Waals surface area (Å²) in [5, 5.41) is 8.63. The number of methoxy groups -OCH3 is 1. The molecule has 0 aromatic heterocycles. The lowest BCUT2D eigenvalue weighted by molar-refractivity contribution is -0.137. The fourth-order valence-electron chi connectivity index (χ4n) is 2.29. The maximum Gasteiger partial charge on any atom is 0.304 e. The molecule has 1 saturated carbocycles. The molecule has 88 valence electrons. The third-order valence-corrected chi connectivity index (χ3v) is 3.21. The van der Waals surface area contributed by atoms with Crippen LogP contribution < -0.4 is 0 Å². The third kappa shape index (κ3) is 3.80. The first-order chi connectivity index (χ1) is 7.15. The van der Waals surface area contributed by atoms with E-state index in [0.29, 0.717) is 12.6 Å². The highest BCUT2D eigenvalue weighted by atomic mass is 16.5. The van der Waals surface area contributed by atoms with Crippen LogP contribution in [0.25, 0.3) is 0 Å². The Kier molecular flexibility index (Phi) is 5.05. The number of hydrogen-bond acceptors (Lipinski definition) is 3. The van der Waals surface area contributed by atoms with Crippen LogP contribution in [-0.4, -0.2) is 48.8 Å². The van der Waals surface area contributed by atoms with E-state index >= 15 is 0 Å². The summed E-state index contributed by atoms with van der Waals surface area (Å²) in [5.41, 5.74) is 0. The van der Waals surface area contributed by atoms with E-state index in [1.54, 1.807) is 7.11 Å². The number of ether oxygens (including phenoxy) is 1. The van der Waals surface area contributed by atoms with Crippen LogP contribution >= 0.6 is 0 Å². The van der Waals surface area contributed by atoms with Crippen LogP contribution in [0.4, 0.5) is 0 Å². The molecule has 1 aliphatic carbocycles. The van der Waals surface area contributed by atoms with Crippen LogP contribution in [0.1, 0.15) is 32.1 Å². The third-order valence-electron chi connectivity index (χ3n) is 3.21. The fraction of sp³-hybridized carbons (Fsp3) is 0.909. The number of carboxylic acid groups (broad SMARTS) is 1. The first kappa shape index (κ1) is 12.5. The highest BCUT2D eigenvalue weighted by Crippen LogP contribution is 2.24.